The van der Waals surface area contributed by atoms with Gasteiger partial charge in [0.1, 0.15) is 5.82 Å². The van der Waals surface area contributed by atoms with E-state index in [1.54, 1.807) is 10.6 Å². The van der Waals surface area contributed by atoms with Gasteiger partial charge in [-0.3, -0.25) is 14.2 Å². The van der Waals surface area contributed by atoms with Gasteiger partial charge in [-0.2, -0.15) is 0 Å². The molecule has 0 unspecified atom stereocenters. The molecule has 4 rings (SSSR count). The highest BCUT2D eigenvalue weighted by atomic mass is 16.1. The number of rotatable bonds is 4. The fraction of sp³-hybridized carbons (Fsp3) is 0.160. The highest BCUT2D eigenvalue weighted by Gasteiger charge is 2.12. The second-order valence-electron chi connectivity index (χ2n) is 7.53. The number of anilines is 1. The van der Waals surface area contributed by atoms with Crippen LogP contribution in [0.1, 0.15) is 22.5 Å². The van der Waals surface area contributed by atoms with E-state index in [0.717, 1.165) is 22.5 Å². The third kappa shape index (κ3) is 3.87. The van der Waals surface area contributed by atoms with Crippen molar-refractivity contribution in [2.24, 2.45) is 0 Å². The van der Waals surface area contributed by atoms with Gasteiger partial charge in [0.25, 0.3) is 5.56 Å². The number of fused-ring (bicyclic) bond motifs is 1. The Bertz CT molecular complexity index is 1300. The average Bonchev–Trinajstić information content (AvgIpc) is 2.72. The molecule has 5 nitrogen and oxygen atoms in total. The van der Waals surface area contributed by atoms with E-state index in [1.807, 2.05) is 81.4 Å². The quantitative estimate of drug-likeness (QED) is 0.552. The number of nitrogens with one attached hydrogen (secondary N) is 1. The van der Waals surface area contributed by atoms with Crippen molar-refractivity contribution in [2.45, 2.75) is 27.2 Å². The van der Waals surface area contributed by atoms with Crippen LogP contribution < -0.4 is 10.9 Å². The topological polar surface area (TPSA) is 64.0 Å². The summed E-state index contributed by atoms with van der Waals surface area (Å²) in [6, 6.07) is 20.8. The normalized spacial score (nSPS) is 10.9. The third-order valence-corrected chi connectivity index (χ3v) is 5.17. The van der Waals surface area contributed by atoms with Crippen LogP contribution in [-0.4, -0.2) is 15.5 Å². The number of aromatic nitrogens is 2. The van der Waals surface area contributed by atoms with Crippen molar-refractivity contribution in [3.05, 3.63) is 99.6 Å². The van der Waals surface area contributed by atoms with Crippen LogP contribution in [0.5, 0.6) is 0 Å². The number of para-hydroxylation sites is 1. The van der Waals surface area contributed by atoms with Crippen LogP contribution in [-0.2, 0) is 11.2 Å². The molecule has 1 N–H and O–H groups in total. The Morgan fingerprint density at radius 3 is 2.43 bits per heavy atom. The predicted molar refractivity (Wildman–Crippen MR) is 120 cm³/mol. The molecular formula is C25H23N3O2. The summed E-state index contributed by atoms with van der Waals surface area (Å²) in [5.41, 5.74) is 5.06. The molecule has 150 valence electrons. The number of nitrogens with zero attached hydrogens (tertiary/aromatic N) is 2. The predicted octanol–water partition coefficient (Wildman–Crippen LogP) is 4.49. The molecule has 30 heavy (non-hydrogen) atoms. The van der Waals surface area contributed by atoms with Gasteiger partial charge in [0, 0.05) is 5.69 Å². The zero-order valence-corrected chi connectivity index (χ0v) is 17.3. The first-order valence-electron chi connectivity index (χ1n) is 9.87. The Morgan fingerprint density at radius 2 is 1.70 bits per heavy atom. The molecule has 1 heterocycles. The van der Waals surface area contributed by atoms with Crippen LogP contribution in [0.2, 0.25) is 0 Å². The minimum atomic E-state index is -0.103. The minimum Gasteiger partial charge on any atom is -0.326 e. The zero-order valence-electron chi connectivity index (χ0n) is 17.3. The van der Waals surface area contributed by atoms with Gasteiger partial charge in [-0.1, -0.05) is 42.0 Å². The molecule has 0 saturated heterocycles. The van der Waals surface area contributed by atoms with Gasteiger partial charge in [-0.05, 0) is 62.2 Å². The summed E-state index contributed by atoms with van der Waals surface area (Å²) in [5.74, 6) is 0.546. The van der Waals surface area contributed by atoms with E-state index < -0.39 is 0 Å². The maximum absolute atomic E-state index is 13.0. The first-order chi connectivity index (χ1) is 14.4. The fourth-order valence-corrected chi connectivity index (χ4v) is 3.56. The summed E-state index contributed by atoms with van der Waals surface area (Å²) < 4.78 is 1.60. The summed E-state index contributed by atoms with van der Waals surface area (Å²) in [6.07, 6.45) is 0.314. The lowest BCUT2D eigenvalue weighted by molar-refractivity contribution is -0.115. The van der Waals surface area contributed by atoms with Crippen molar-refractivity contribution in [2.75, 3.05) is 5.32 Å². The first-order valence-corrected chi connectivity index (χ1v) is 9.87. The summed E-state index contributed by atoms with van der Waals surface area (Å²) >= 11 is 0. The molecule has 0 bridgehead atoms. The van der Waals surface area contributed by atoms with E-state index in [-0.39, 0.29) is 11.5 Å². The second kappa shape index (κ2) is 7.95. The van der Waals surface area contributed by atoms with E-state index in [2.05, 4.69) is 10.3 Å². The molecule has 0 saturated carbocycles. The smallest absolute Gasteiger partial charge is 0.265 e. The molecule has 0 fully saturated rings. The maximum atomic E-state index is 13.0. The van der Waals surface area contributed by atoms with Crippen LogP contribution in [0, 0.1) is 20.8 Å². The van der Waals surface area contributed by atoms with Crippen molar-refractivity contribution in [1.29, 1.82) is 0 Å². The van der Waals surface area contributed by atoms with Gasteiger partial charge in [-0.15, -0.1) is 0 Å². The van der Waals surface area contributed by atoms with Crippen LogP contribution in [0.4, 0.5) is 5.69 Å². The lowest BCUT2D eigenvalue weighted by Crippen LogP contribution is -2.22. The van der Waals surface area contributed by atoms with E-state index in [4.69, 9.17) is 0 Å². The van der Waals surface area contributed by atoms with Gasteiger partial charge in [-0.25, -0.2) is 4.98 Å². The summed E-state index contributed by atoms with van der Waals surface area (Å²) in [5, 5.41) is 3.55. The van der Waals surface area contributed by atoms with E-state index in [9.17, 15) is 9.59 Å². The van der Waals surface area contributed by atoms with E-state index >= 15 is 0 Å². The standard InChI is InChI=1S/C25H23N3O2/c1-16-8-10-19(11-9-16)15-24(29)27-22-13-12-20(14-17(22)2)28-18(3)26-23-7-5-4-6-21(23)25(28)30/h4-14H,15H2,1-3H3,(H,27,29). The maximum Gasteiger partial charge on any atom is 0.265 e. The molecule has 1 amide bonds. The molecule has 0 atom stereocenters. The zero-order chi connectivity index (χ0) is 21.3. The van der Waals surface area contributed by atoms with Gasteiger partial charge in [0.05, 0.1) is 23.0 Å². The van der Waals surface area contributed by atoms with Crippen molar-refractivity contribution in [3.8, 4) is 5.69 Å². The monoisotopic (exact) mass is 397 g/mol. The molecule has 4 aromatic rings. The third-order valence-electron chi connectivity index (χ3n) is 5.17. The number of carbonyl (C=O) groups is 1. The van der Waals surface area contributed by atoms with Crippen LogP contribution in [0.3, 0.4) is 0 Å². The summed E-state index contributed by atoms with van der Waals surface area (Å²) in [4.78, 5) is 30.0. The Hall–Kier alpha value is -3.73. The van der Waals surface area contributed by atoms with Crippen LogP contribution in [0.25, 0.3) is 16.6 Å². The lowest BCUT2D eigenvalue weighted by Gasteiger charge is -2.14. The van der Waals surface area contributed by atoms with Gasteiger partial charge in [0.15, 0.2) is 0 Å². The van der Waals surface area contributed by atoms with E-state index in [0.29, 0.717) is 23.1 Å². The number of carbonyl (C=O) groups excluding carboxylic acids is 1. The lowest BCUT2D eigenvalue weighted by atomic mass is 10.1. The molecule has 0 aliphatic rings. The number of hydrogen-bond donors (Lipinski definition) is 1. The Labute approximate surface area is 175 Å². The van der Waals surface area contributed by atoms with Crippen molar-refractivity contribution < 1.29 is 4.79 Å². The Kier molecular flexibility index (Phi) is 5.19. The average molecular weight is 397 g/mol. The number of benzene rings is 3. The van der Waals surface area contributed by atoms with Crippen LogP contribution in [0.15, 0.2) is 71.5 Å². The van der Waals surface area contributed by atoms with Gasteiger partial charge >= 0.3 is 0 Å². The van der Waals surface area contributed by atoms with Crippen LogP contribution >= 0.6 is 0 Å². The summed E-state index contributed by atoms with van der Waals surface area (Å²) in [7, 11) is 0. The molecule has 3 aromatic carbocycles. The minimum absolute atomic E-state index is 0.0737. The number of amides is 1. The fourth-order valence-electron chi connectivity index (χ4n) is 3.56. The largest absolute Gasteiger partial charge is 0.326 e. The Balaban J connectivity index is 1.61. The number of aryl methyl sites for hydroxylation is 3. The first kappa shape index (κ1) is 19.6. The van der Waals surface area contributed by atoms with Crippen molar-refractivity contribution in [3.63, 3.8) is 0 Å². The van der Waals surface area contributed by atoms with Crippen molar-refractivity contribution >= 4 is 22.5 Å². The molecule has 5 heteroatoms. The molecule has 0 radical (unpaired) electrons. The summed E-state index contributed by atoms with van der Waals surface area (Å²) in [6.45, 7) is 5.76. The van der Waals surface area contributed by atoms with E-state index in [1.165, 1.54) is 5.56 Å². The molecule has 0 aliphatic heterocycles. The second-order valence-corrected chi connectivity index (χ2v) is 7.53. The molecule has 0 aliphatic carbocycles. The molecule has 1 aromatic heterocycles. The van der Waals surface area contributed by atoms with Gasteiger partial charge < -0.3 is 5.32 Å². The Morgan fingerprint density at radius 1 is 0.967 bits per heavy atom. The highest BCUT2D eigenvalue weighted by molar-refractivity contribution is 5.93. The highest BCUT2D eigenvalue weighted by Crippen LogP contribution is 2.20. The molecular weight excluding hydrogens is 374 g/mol. The molecule has 0 spiro atoms. The van der Waals surface area contributed by atoms with Gasteiger partial charge in [0.2, 0.25) is 5.91 Å². The number of hydrogen-bond acceptors (Lipinski definition) is 3. The SMILES string of the molecule is Cc1ccc(CC(=O)Nc2ccc(-n3c(C)nc4ccccc4c3=O)cc2C)cc1. The van der Waals surface area contributed by atoms with Crippen molar-refractivity contribution in [1.82, 2.24) is 9.55 Å².